The van der Waals surface area contributed by atoms with Crippen LogP contribution in [0.15, 0.2) is 85.2 Å². The van der Waals surface area contributed by atoms with Crippen LogP contribution in [-0.2, 0) is 36.4 Å². The third kappa shape index (κ3) is 6.37. The molecule has 0 unspecified atom stereocenters. The first-order chi connectivity index (χ1) is 23.8. The topological polar surface area (TPSA) is 25.8 Å². The molecular weight excluding hydrogens is 713 g/mol. The minimum absolute atomic E-state index is 0. The van der Waals surface area contributed by atoms with E-state index in [9.17, 15) is 0 Å². The summed E-state index contributed by atoms with van der Waals surface area (Å²) in [6.07, 6.45) is 2.94. The van der Waals surface area contributed by atoms with E-state index >= 15 is 0 Å². The molecule has 0 amide bonds. The number of nitrogens with zero attached hydrogens (tertiary/aromatic N) is 2. The Balaban J connectivity index is 0.000000235. The summed E-state index contributed by atoms with van der Waals surface area (Å²) in [6.45, 7) is 8.67. The zero-order valence-electron chi connectivity index (χ0n) is 35.3. The molecule has 1 radical (unpaired) electrons. The molecule has 2 aromatic heterocycles. The van der Waals surface area contributed by atoms with Crippen molar-refractivity contribution in [3.8, 4) is 33.6 Å². The Hall–Kier alpha value is -3.39. The molecule has 0 fully saturated rings. The van der Waals surface area contributed by atoms with Crippen LogP contribution < -0.4 is 0 Å². The van der Waals surface area contributed by atoms with Gasteiger partial charge in [-0.3, -0.25) is 0 Å². The van der Waals surface area contributed by atoms with Crippen molar-refractivity contribution in [1.29, 1.82) is 0 Å². The molecule has 0 N–H and O–H groups in total. The van der Waals surface area contributed by atoms with E-state index < -0.39 is 20.6 Å². The molecule has 1 aliphatic carbocycles. The largest absolute Gasteiger partial charge is 0.305 e. The first-order valence-electron chi connectivity index (χ1n) is 19.0. The van der Waals surface area contributed by atoms with Crippen molar-refractivity contribution >= 4 is 0 Å². The second-order valence-electron chi connectivity index (χ2n) is 13.3. The standard InChI is InChI=1S/C27H30N.C14H14N.Ir/c1-25(2,3)19-14-15-28-24(17-19)18-12-13-23-21(16-18)20-10-8-9-11-22(20)26(4,5)27(23,6)7;1-10-4-6-13(7-5-10)14-8-11(2)12(3)9-15-14;/h8-11,13-17H,1-7H3;4-6,8-9H,1-3H3;/q2*-1;/i;1D3,2D3,3D3;. The molecule has 0 aliphatic heterocycles. The quantitative estimate of drug-likeness (QED) is 0.167. The maximum Gasteiger partial charge on any atom is 0.0280 e. The minimum Gasteiger partial charge on any atom is -0.305 e. The molecule has 3 heteroatoms. The minimum atomic E-state index is -2.61. The molecule has 0 bridgehead atoms. The van der Waals surface area contributed by atoms with Crippen molar-refractivity contribution in [2.45, 2.75) is 85.3 Å². The summed E-state index contributed by atoms with van der Waals surface area (Å²) in [7, 11) is 0. The molecule has 0 atom stereocenters. The van der Waals surface area contributed by atoms with Crippen LogP contribution in [-0.4, -0.2) is 9.97 Å². The van der Waals surface area contributed by atoms with Crippen LogP contribution in [0, 0.1) is 32.7 Å². The Morgan fingerprint density at radius 1 is 0.682 bits per heavy atom. The number of benzene rings is 3. The Labute approximate surface area is 291 Å². The van der Waals surface area contributed by atoms with Crippen molar-refractivity contribution < 1.29 is 32.4 Å². The smallest absolute Gasteiger partial charge is 0.0280 e. The monoisotopic (exact) mass is 766 g/mol. The number of hydrogen-bond donors (Lipinski definition) is 0. The van der Waals surface area contributed by atoms with Crippen molar-refractivity contribution in [3.05, 3.63) is 131 Å². The summed E-state index contributed by atoms with van der Waals surface area (Å²) in [5.74, 6) is 0. The van der Waals surface area contributed by atoms with Crippen LogP contribution in [0.25, 0.3) is 33.6 Å². The summed E-state index contributed by atoms with van der Waals surface area (Å²) < 4.78 is 66.9. The predicted molar refractivity (Wildman–Crippen MR) is 181 cm³/mol. The van der Waals surface area contributed by atoms with Crippen molar-refractivity contribution in [1.82, 2.24) is 9.97 Å². The van der Waals surface area contributed by atoms with E-state index in [0.29, 0.717) is 5.56 Å². The van der Waals surface area contributed by atoms with Gasteiger partial charge in [0.1, 0.15) is 0 Å². The van der Waals surface area contributed by atoms with E-state index in [1.54, 1.807) is 0 Å². The second-order valence-corrected chi connectivity index (χ2v) is 13.3. The van der Waals surface area contributed by atoms with Gasteiger partial charge in [0.05, 0.1) is 0 Å². The van der Waals surface area contributed by atoms with E-state index in [0.717, 1.165) is 17.5 Å². The number of rotatable bonds is 2. The summed E-state index contributed by atoms with van der Waals surface area (Å²) >= 11 is 0. The van der Waals surface area contributed by atoms with E-state index in [1.807, 2.05) is 6.20 Å². The molecule has 44 heavy (non-hydrogen) atoms. The van der Waals surface area contributed by atoms with Crippen LogP contribution in [0.3, 0.4) is 0 Å². The summed E-state index contributed by atoms with van der Waals surface area (Å²) in [4.78, 5) is 8.66. The molecule has 229 valence electrons. The average Bonchev–Trinajstić information content (AvgIpc) is 3.06. The van der Waals surface area contributed by atoms with Crippen LogP contribution in [0.5, 0.6) is 0 Å². The average molecular weight is 766 g/mol. The van der Waals surface area contributed by atoms with Crippen molar-refractivity contribution in [2.75, 3.05) is 0 Å². The van der Waals surface area contributed by atoms with Crippen LogP contribution in [0.4, 0.5) is 0 Å². The third-order valence-corrected chi connectivity index (χ3v) is 8.97. The summed E-state index contributed by atoms with van der Waals surface area (Å²) in [6, 6.07) is 29.3. The number of fused-ring (bicyclic) bond motifs is 3. The zero-order valence-corrected chi connectivity index (χ0v) is 28.7. The predicted octanol–water partition coefficient (Wildman–Crippen LogP) is 10.6. The fraction of sp³-hybridized carbons (Fsp3) is 0.317. The Morgan fingerprint density at radius 2 is 1.39 bits per heavy atom. The fourth-order valence-electron chi connectivity index (χ4n) is 5.55. The molecule has 0 saturated heterocycles. The Morgan fingerprint density at radius 3 is 2.07 bits per heavy atom. The normalized spacial score (nSPS) is 18.2. The van der Waals surface area contributed by atoms with Gasteiger partial charge in [-0.05, 0) is 69.7 Å². The zero-order chi connectivity index (χ0) is 38.7. The van der Waals surface area contributed by atoms with Crippen LogP contribution in [0.1, 0.15) is 94.2 Å². The van der Waals surface area contributed by atoms with Gasteiger partial charge in [0, 0.05) is 44.8 Å². The van der Waals surface area contributed by atoms with Crippen molar-refractivity contribution in [3.63, 3.8) is 0 Å². The molecule has 0 spiro atoms. The molecule has 0 saturated carbocycles. The molecule has 1 aliphatic rings. The van der Waals surface area contributed by atoms with Gasteiger partial charge >= 0.3 is 0 Å². The van der Waals surface area contributed by atoms with Gasteiger partial charge in [-0.15, -0.1) is 64.7 Å². The van der Waals surface area contributed by atoms with Gasteiger partial charge in [-0.2, -0.15) is 0 Å². The van der Waals surface area contributed by atoms with Crippen LogP contribution in [0.2, 0.25) is 0 Å². The van der Waals surface area contributed by atoms with Gasteiger partial charge < -0.3 is 9.97 Å². The van der Waals surface area contributed by atoms with Gasteiger partial charge in [-0.25, -0.2) is 0 Å². The second kappa shape index (κ2) is 12.5. The molecular formula is C41H44IrN2-2. The molecule has 5 aromatic rings. The molecule has 6 rings (SSSR count). The summed E-state index contributed by atoms with van der Waals surface area (Å²) in [5.41, 5.74) is 9.03. The first-order valence-corrected chi connectivity index (χ1v) is 14.5. The number of aryl methyl sites for hydroxylation is 3. The maximum atomic E-state index is 7.54. The summed E-state index contributed by atoms with van der Waals surface area (Å²) in [5, 5.41) is 0. The van der Waals surface area contributed by atoms with Gasteiger partial charge in [0.15, 0.2) is 0 Å². The molecule has 3 aromatic carbocycles. The Kier molecular flexibility index (Phi) is 6.56. The van der Waals surface area contributed by atoms with Crippen LogP contribution >= 0.6 is 0 Å². The maximum absolute atomic E-state index is 7.54. The van der Waals surface area contributed by atoms with Gasteiger partial charge in [-0.1, -0.05) is 103 Å². The molecule has 2 heterocycles. The number of aromatic nitrogens is 2. The van der Waals surface area contributed by atoms with Gasteiger partial charge in [0.25, 0.3) is 0 Å². The molecule has 2 nitrogen and oxygen atoms in total. The van der Waals surface area contributed by atoms with E-state index in [1.165, 1.54) is 52.1 Å². The van der Waals surface area contributed by atoms with Crippen molar-refractivity contribution in [2.24, 2.45) is 0 Å². The first kappa shape index (κ1) is 23.0. The third-order valence-electron chi connectivity index (χ3n) is 8.97. The van der Waals surface area contributed by atoms with E-state index in [2.05, 4.69) is 119 Å². The van der Waals surface area contributed by atoms with E-state index in [-0.39, 0.29) is 58.7 Å². The number of pyridine rings is 2. The number of hydrogen-bond acceptors (Lipinski definition) is 2. The van der Waals surface area contributed by atoms with Gasteiger partial charge in [0.2, 0.25) is 0 Å². The van der Waals surface area contributed by atoms with E-state index in [4.69, 9.17) is 12.3 Å². The fourth-order valence-corrected chi connectivity index (χ4v) is 5.55. The Bertz CT molecular complexity index is 2090. The SMILES string of the molecule is CC(C)(C)c1ccnc(-c2[c-]cc3c(c2)-c2ccccc2C(C)(C)C3(C)C)c1.[2H]C([2H])([2H])c1c[c-]c(-c2cc(C([2H])([2H])[2H])c(C([2H])([2H])[2H])cn2)cc1.[Ir].